The summed E-state index contributed by atoms with van der Waals surface area (Å²) in [5.41, 5.74) is -2.22. The Balaban J connectivity index is 3.67. The predicted molar refractivity (Wildman–Crippen MR) is 54.3 cm³/mol. The maximum atomic E-state index is 13.4. The lowest BCUT2D eigenvalue weighted by Gasteiger charge is -2.10. The van der Waals surface area contributed by atoms with Gasteiger partial charge in [-0.25, -0.2) is 17.6 Å². The van der Waals surface area contributed by atoms with Crippen LogP contribution in [-0.2, 0) is 0 Å². The van der Waals surface area contributed by atoms with E-state index in [2.05, 4.69) is 5.32 Å². The molecular weight excluding hydrogens is 254 g/mol. The molecule has 0 aliphatic heterocycles. The molecule has 18 heavy (non-hydrogen) atoms. The van der Waals surface area contributed by atoms with Gasteiger partial charge < -0.3 is 5.32 Å². The lowest BCUT2D eigenvalue weighted by atomic mass is 10.0. The first kappa shape index (κ1) is 14.1. The third kappa shape index (κ3) is 2.20. The van der Waals surface area contributed by atoms with Crippen molar-refractivity contribution in [1.82, 2.24) is 5.32 Å². The van der Waals surface area contributed by atoms with Crippen LogP contribution in [0.1, 0.15) is 34.6 Å². The molecule has 1 aromatic rings. The quantitative estimate of drug-likeness (QED) is 0.393. The zero-order valence-electron chi connectivity index (χ0n) is 9.54. The number of ketones is 1. The molecule has 0 atom stereocenters. The van der Waals surface area contributed by atoms with E-state index in [0.29, 0.717) is 0 Å². The van der Waals surface area contributed by atoms with E-state index in [4.69, 9.17) is 0 Å². The fraction of sp³-hybridized carbons (Fsp3) is 0.273. The first-order valence-corrected chi connectivity index (χ1v) is 4.97. The molecule has 0 spiro atoms. The summed E-state index contributed by atoms with van der Waals surface area (Å²) in [5.74, 6) is -10.3. The van der Waals surface area contributed by atoms with E-state index in [9.17, 15) is 27.2 Å². The number of rotatable bonds is 3. The minimum absolute atomic E-state index is 0.0518. The molecular formula is C11H9F4NO2. The second-order valence-electron chi connectivity index (χ2n) is 3.42. The van der Waals surface area contributed by atoms with Crippen molar-refractivity contribution >= 4 is 11.7 Å². The first-order valence-electron chi connectivity index (χ1n) is 4.97. The van der Waals surface area contributed by atoms with Crippen LogP contribution in [0.15, 0.2) is 0 Å². The van der Waals surface area contributed by atoms with E-state index in [-0.39, 0.29) is 6.54 Å². The smallest absolute Gasteiger partial charge is 0.255 e. The van der Waals surface area contributed by atoms with Gasteiger partial charge in [-0.05, 0) is 13.8 Å². The van der Waals surface area contributed by atoms with Gasteiger partial charge in [-0.2, -0.15) is 0 Å². The number of carbonyl (C=O) groups is 2. The minimum Gasteiger partial charge on any atom is -0.352 e. The molecule has 0 radical (unpaired) electrons. The van der Waals surface area contributed by atoms with Crippen molar-refractivity contribution in [2.75, 3.05) is 6.54 Å². The van der Waals surface area contributed by atoms with E-state index in [1.54, 1.807) is 0 Å². The van der Waals surface area contributed by atoms with Crippen LogP contribution in [0.3, 0.4) is 0 Å². The van der Waals surface area contributed by atoms with Crippen LogP contribution in [0.4, 0.5) is 17.6 Å². The standard InChI is InChI=1S/C11H9F4NO2/c1-3-16-11(18)6-5(4(2)17)7(12)9(14)10(15)8(6)13/h3H2,1-2H3,(H,16,18). The molecule has 7 heteroatoms. The molecule has 3 nitrogen and oxygen atoms in total. The van der Waals surface area contributed by atoms with Crippen molar-refractivity contribution < 1.29 is 27.2 Å². The Kier molecular flexibility index (Phi) is 4.05. The van der Waals surface area contributed by atoms with Gasteiger partial charge >= 0.3 is 0 Å². The topological polar surface area (TPSA) is 46.2 Å². The van der Waals surface area contributed by atoms with Crippen LogP contribution in [0, 0.1) is 23.3 Å². The van der Waals surface area contributed by atoms with Gasteiger partial charge in [-0.1, -0.05) is 0 Å². The number of hydrogen-bond donors (Lipinski definition) is 1. The zero-order valence-corrected chi connectivity index (χ0v) is 9.54. The predicted octanol–water partition coefficient (Wildman–Crippen LogP) is 2.20. The molecule has 1 rings (SSSR count). The average molecular weight is 263 g/mol. The molecule has 98 valence electrons. The fourth-order valence-electron chi connectivity index (χ4n) is 1.42. The highest BCUT2D eigenvalue weighted by atomic mass is 19.2. The van der Waals surface area contributed by atoms with Crippen LogP contribution in [-0.4, -0.2) is 18.2 Å². The van der Waals surface area contributed by atoms with E-state index in [1.807, 2.05) is 0 Å². The maximum absolute atomic E-state index is 13.4. The molecule has 1 aromatic carbocycles. The Morgan fingerprint density at radius 2 is 1.39 bits per heavy atom. The second-order valence-corrected chi connectivity index (χ2v) is 3.42. The van der Waals surface area contributed by atoms with E-state index in [1.165, 1.54) is 6.92 Å². The summed E-state index contributed by atoms with van der Waals surface area (Å²) < 4.78 is 52.8. The van der Waals surface area contributed by atoms with E-state index in [0.717, 1.165) is 6.92 Å². The second kappa shape index (κ2) is 5.16. The van der Waals surface area contributed by atoms with Crippen molar-refractivity contribution in [2.24, 2.45) is 0 Å². The Morgan fingerprint density at radius 1 is 0.944 bits per heavy atom. The van der Waals surface area contributed by atoms with Crippen LogP contribution >= 0.6 is 0 Å². The Labute approximate surface area is 99.8 Å². The average Bonchev–Trinajstić information content (AvgIpc) is 2.30. The van der Waals surface area contributed by atoms with Crippen LogP contribution in [0.5, 0.6) is 0 Å². The van der Waals surface area contributed by atoms with Gasteiger partial charge in [0.15, 0.2) is 29.1 Å². The Morgan fingerprint density at radius 3 is 1.78 bits per heavy atom. The van der Waals surface area contributed by atoms with Gasteiger partial charge in [0.25, 0.3) is 5.91 Å². The molecule has 0 unspecified atom stereocenters. The summed E-state index contributed by atoms with van der Waals surface area (Å²) in [6.45, 7) is 2.35. The molecule has 1 amide bonds. The number of hydrogen-bond acceptors (Lipinski definition) is 2. The largest absolute Gasteiger partial charge is 0.352 e. The summed E-state index contributed by atoms with van der Waals surface area (Å²) in [5, 5.41) is 2.08. The Bertz CT molecular complexity index is 529. The number of carbonyl (C=O) groups excluding carboxylic acids is 2. The van der Waals surface area contributed by atoms with Gasteiger partial charge in [0.05, 0.1) is 11.1 Å². The third-order valence-corrected chi connectivity index (χ3v) is 2.18. The number of nitrogens with one attached hydrogen (secondary N) is 1. The first-order chi connectivity index (χ1) is 8.32. The van der Waals surface area contributed by atoms with E-state index >= 15 is 0 Å². The van der Waals surface area contributed by atoms with Crippen molar-refractivity contribution in [3.8, 4) is 0 Å². The van der Waals surface area contributed by atoms with Gasteiger partial charge in [-0.3, -0.25) is 9.59 Å². The molecule has 0 aromatic heterocycles. The SMILES string of the molecule is CCNC(=O)c1c(F)c(F)c(F)c(F)c1C(C)=O. The van der Waals surface area contributed by atoms with Crippen molar-refractivity contribution in [1.29, 1.82) is 0 Å². The van der Waals surface area contributed by atoms with Gasteiger partial charge in [0.1, 0.15) is 0 Å². The number of benzene rings is 1. The van der Waals surface area contributed by atoms with Crippen molar-refractivity contribution in [3.05, 3.63) is 34.4 Å². The fourth-order valence-corrected chi connectivity index (χ4v) is 1.42. The lowest BCUT2D eigenvalue weighted by molar-refractivity contribution is 0.0931. The van der Waals surface area contributed by atoms with Crippen LogP contribution in [0.2, 0.25) is 0 Å². The molecule has 0 bridgehead atoms. The minimum atomic E-state index is -2.13. The van der Waals surface area contributed by atoms with E-state index < -0.39 is 46.1 Å². The molecule has 0 heterocycles. The van der Waals surface area contributed by atoms with Crippen molar-refractivity contribution in [2.45, 2.75) is 13.8 Å². The monoisotopic (exact) mass is 263 g/mol. The summed E-state index contributed by atoms with van der Waals surface area (Å²) >= 11 is 0. The Hall–Kier alpha value is -1.92. The number of Topliss-reactive ketones (excluding diaryl/α,β-unsaturated/α-hetero) is 1. The lowest BCUT2D eigenvalue weighted by Crippen LogP contribution is -2.27. The normalized spacial score (nSPS) is 10.3. The third-order valence-electron chi connectivity index (χ3n) is 2.18. The van der Waals surface area contributed by atoms with Gasteiger partial charge in [0.2, 0.25) is 0 Å². The number of halogens is 4. The van der Waals surface area contributed by atoms with Crippen LogP contribution < -0.4 is 5.32 Å². The molecule has 0 saturated carbocycles. The highest BCUT2D eigenvalue weighted by Crippen LogP contribution is 2.24. The summed E-state index contributed by atoms with van der Waals surface area (Å²) in [4.78, 5) is 22.6. The molecule has 1 N–H and O–H groups in total. The molecule has 0 aliphatic rings. The molecule has 0 saturated heterocycles. The van der Waals surface area contributed by atoms with Gasteiger partial charge in [0, 0.05) is 6.54 Å². The summed E-state index contributed by atoms with van der Waals surface area (Å²) in [6.07, 6.45) is 0. The highest BCUT2D eigenvalue weighted by molar-refractivity contribution is 6.07. The highest BCUT2D eigenvalue weighted by Gasteiger charge is 2.30. The number of amides is 1. The van der Waals surface area contributed by atoms with Gasteiger partial charge in [-0.15, -0.1) is 0 Å². The van der Waals surface area contributed by atoms with Crippen molar-refractivity contribution in [3.63, 3.8) is 0 Å². The summed E-state index contributed by atoms with van der Waals surface area (Å²) in [7, 11) is 0. The molecule has 0 aliphatic carbocycles. The summed E-state index contributed by atoms with van der Waals surface area (Å²) in [6, 6.07) is 0. The molecule has 0 fully saturated rings. The zero-order chi connectivity index (χ0) is 14.0. The van der Waals surface area contributed by atoms with Crippen LogP contribution in [0.25, 0.3) is 0 Å². The maximum Gasteiger partial charge on any atom is 0.255 e.